The summed E-state index contributed by atoms with van der Waals surface area (Å²) < 4.78 is 31.2. The number of nitrogens with one attached hydrogen (secondary N) is 2. The van der Waals surface area contributed by atoms with Gasteiger partial charge in [-0.25, -0.2) is 13.1 Å². The maximum Gasteiger partial charge on any atom is 0.213 e. The van der Waals surface area contributed by atoms with Crippen LogP contribution in [0.1, 0.15) is 26.7 Å². The minimum atomic E-state index is -3.18. The third kappa shape index (κ3) is 8.26. The third-order valence-corrected chi connectivity index (χ3v) is 4.10. The highest BCUT2D eigenvalue weighted by Crippen LogP contribution is 2.08. The molecule has 0 spiro atoms. The fourth-order valence-corrected chi connectivity index (χ4v) is 2.76. The predicted molar refractivity (Wildman–Crippen MR) is 75.7 cm³/mol. The molecular formula is C11H25ClN2O3S. The lowest BCUT2D eigenvalue weighted by Gasteiger charge is -2.22. The summed E-state index contributed by atoms with van der Waals surface area (Å²) in [6.45, 7) is 6.55. The highest BCUT2D eigenvalue weighted by molar-refractivity contribution is 7.89. The van der Waals surface area contributed by atoms with Gasteiger partial charge in [0.05, 0.1) is 18.5 Å². The monoisotopic (exact) mass is 300 g/mol. The summed E-state index contributed by atoms with van der Waals surface area (Å²) >= 11 is 0. The van der Waals surface area contributed by atoms with Gasteiger partial charge < -0.3 is 10.1 Å². The lowest BCUT2D eigenvalue weighted by Crippen LogP contribution is -2.39. The van der Waals surface area contributed by atoms with E-state index in [1.165, 1.54) is 0 Å². The van der Waals surface area contributed by atoms with E-state index in [9.17, 15) is 8.42 Å². The first-order valence-electron chi connectivity index (χ1n) is 6.29. The molecular weight excluding hydrogens is 276 g/mol. The summed E-state index contributed by atoms with van der Waals surface area (Å²) in [6, 6.07) is 0. The van der Waals surface area contributed by atoms with Crippen LogP contribution in [-0.2, 0) is 14.8 Å². The van der Waals surface area contributed by atoms with E-state index in [0.717, 1.165) is 25.9 Å². The third-order valence-electron chi connectivity index (χ3n) is 2.79. The van der Waals surface area contributed by atoms with Gasteiger partial charge in [0.25, 0.3) is 0 Å². The van der Waals surface area contributed by atoms with Gasteiger partial charge in [-0.3, -0.25) is 0 Å². The molecule has 1 aliphatic rings. The van der Waals surface area contributed by atoms with Crippen molar-refractivity contribution in [2.45, 2.75) is 32.8 Å². The molecule has 0 aromatic rings. The SMILES string of the molecule is CC(C)OCCS(=O)(=O)NCC1CCCNC1.Cl. The van der Waals surface area contributed by atoms with E-state index in [2.05, 4.69) is 10.0 Å². The van der Waals surface area contributed by atoms with Gasteiger partial charge in [-0.05, 0) is 45.7 Å². The summed E-state index contributed by atoms with van der Waals surface area (Å²) in [5, 5.41) is 3.27. The van der Waals surface area contributed by atoms with Gasteiger partial charge in [0.15, 0.2) is 0 Å². The average Bonchev–Trinajstić information content (AvgIpc) is 2.27. The van der Waals surface area contributed by atoms with Crippen molar-refractivity contribution in [2.24, 2.45) is 5.92 Å². The molecule has 5 nitrogen and oxygen atoms in total. The molecule has 0 bridgehead atoms. The van der Waals surface area contributed by atoms with Crippen molar-refractivity contribution >= 4 is 22.4 Å². The van der Waals surface area contributed by atoms with Gasteiger partial charge in [-0.1, -0.05) is 0 Å². The van der Waals surface area contributed by atoms with Crippen LogP contribution in [0.3, 0.4) is 0 Å². The van der Waals surface area contributed by atoms with Crippen LogP contribution in [0.5, 0.6) is 0 Å². The first-order chi connectivity index (χ1) is 7.99. The lowest BCUT2D eigenvalue weighted by atomic mass is 10.0. The van der Waals surface area contributed by atoms with Crippen molar-refractivity contribution in [3.8, 4) is 0 Å². The molecule has 1 saturated heterocycles. The minimum absolute atomic E-state index is 0. The van der Waals surface area contributed by atoms with E-state index < -0.39 is 10.0 Å². The van der Waals surface area contributed by atoms with Crippen LogP contribution < -0.4 is 10.0 Å². The molecule has 7 heteroatoms. The van der Waals surface area contributed by atoms with Crippen LogP contribution in [0.25, 0.3) is 0 Å². The first-order valence-corrected chi connectivity index (χ1v) is 7.94. The average molecular weight is 301 g/mol. The summed E-state index contributed by atoms with van der Waals surface area (Å²) in [5.74, 6) is 0.468. The summed E-state index contributed by atoms with van der Waals surface area (Å²) in [4.78, 5) is 0. The Morgan fingerprint density at radius 2 is 2.17 bits per heavy atom. The molecule has 0 amide bonds. The topological polar surface area (TPSA) is 67.4 Å². The van der Waals surface area contributed by atoms with Gasteiger partial charge in [-0.15, -0.1) is 12.4 Å². The molecule has 0 radical (unpaired) electrons. The van der Waals surface area contributed by atoms with E-state index >= 15 is 0 Å². The van der Waals surface area contributed by atoms with Crippen molar-refractivity contribution in [1.29, 1.82) is 0 Å². The van der Waals surface area contributed by atoms with Gasteiger partial charge in [0.2, 0.25) is 10.0 Å². The number of hydrogen-bond acceptors (Lipinski definition) is 4. The second-order valence-electron chi connectivity index (χ2n) is 4.80. The highest BCUT2D eigenvalue weighted by Gasteiger charge is 2.16. The fourth-order valence-electron chi connectivity index (χ4n) is 1.81. The Morgan fingerprint density at radius 1 is 1.44 bits per heavy atom. The molecule has 110 valence electrons. The Bertz CT molecular complexity index is 303. The Morgan fingerprint density at radius 3 is 2.72 bits per heavy atom. The molecule has 1 heterocycles. The van der Waals surface area contributed by atoms with Crippen molar-refractivity contribution < 1.29 is 13.2 Å². The summed E-state index contributed by atoms with van der Waals surface area (Å²) in [5.41, 5.74) is 0. The number of piperidine rings is 1. The van der Waals surface area contributed by atoms with Crippen LogP contribution >= 0.6 is 12.4 Å². The van der Waals surface area contributed by atoms with E-state index in [-0.39, 0.29) is 30.9 Å². The molecule has 0 aliphatic carbocycles. The van der Waals surface area contributed by atoms with Crippen LogP contribution in [0, 0.1) is 5.92 Å². The second-order valence-corrected chi connectivity index (χ2v) is 6.73. The van der Waals surface area contributed by atoms with Gasteiger partial charge in [0.1, 0.15) is 0 Å². The zero-order valence-corrected chi connectivity index (χ0v) is 12.8. The molecule has 1 rings (SSSR count). The molecule has 2 N–H and O–H groups in total. The zero-order chi connectivity index (χ0) is 12.7. The van der Waals surface area contributed by atoms with E-state index in [1.807, 2.05) is 13.8 Å². The fraction of sp³-hybridized carbons (Fsp3) is 1.00. The normalized spacial score (nSPS) is 20.7. The van der Waals surface area contributed by atoms with E-state index in [0.29, 0.717) is 12.5 Å². The second kappa shape index (κ2) is 9.09. The van der Waals surface area contributed by atoms with Gasteiger partial charge >= 0.3 is 0 Å². The Kier molecular flexibility index (Phi) is 9.15. The standard InChI is InChI=1S/C11H24N2O3S.ClH/c1-10(2)16-6-7-17(14,15)13-9-11-4-3-5-12-8-11;/h10-13H,3-9H2,1-2H3;1H. The highest BCUT2D eigenvalue weighted by atomic mass is 35.5. The Labute approximate surface area is 117 Å². The Hall–Kier alpha value is 0.120. The van der Waals surface area contributed by atoms with Crippen LogP contribution in [0.4, 0.5) is 0 Å². The molecule has 0 aromatic heterocycles. The van der Waals surface area contributed by atoms with Crippen LogP contribution in [-0.4, -0.2) is 46.5 Å². The van der Waals surface area contributed by atoms with Crippen LogP contribution in [0.2, 0.25) is 0 Å². The smallest absolute Gasteiger partial charge is 0.213 e. The van der Waals surface area contributed by atoms with Crippen molar-refractivity contribution in [2.75, 3.05) is 32.0 Å². The molecule has 0 saturated carbocycles. The minimum Gasteiger partial charge on any atom is -0.378 e. The van der Waals surface area contributed by atoms with E-state index in [1.54, 1.807) is 0 Å². The summed E-state index contributed by atoms with van der Waals surface area (Å²) in [6.07, 6.45) is 2.30. The molecule has 18 heavy (non-hydrogen) atoms. The van der Waals surface area contributed by atoms with Crippen molar-refractivity contribution in [3.63, 3.8) is 0 Å². The quantitative estimate of drug-likeness (QED) is 0.728. The molecule has 1 atom stereocenters. The molecule has 1 aliphatic heterocycles. The first kappa shape index (κ1) is 18.1. The molecule has 1 unspecified atom stereocenters. The van der Waals surface area contributed by atoms with Gasteiger partial charge in [0, 0.05) is 6.54 Å². The predicted octanol–water partition coefficient (Wildman–Crippen LogP) is 0.752. The van der Waals surface area contributed by atoms with Crippen molar-refractivity contribution in [3.05, 3.63) is 0 Å². The number of halogens is 1. The van der Waals surface area contributed by atoms with E-state index in [4.69, 9.17) is 4.74 Å². The van der Waals surface area contributed by atoms with Crippen molar-refractivity contribution in [1.82, 2.24) is 10.0 Å². The number of rotatable bonds is 7. The maximum absolute atomic E-state index is 11.6. The summed E-state index contributed by atoms with van der Waals surface area (Å²) in [7, 11) is -3.18. The number of ether oxygens (including phenoxy) is 1. The zero-order valence-electron chi connectivity index (χ0n) is 11.1. The molecule has 1 fully saturated rings. The molecule has 0 aromatic carbocycles. The number of sulfonamides is 1. The van der Waals surface area contributed by atoms with Gasteiger partial charge in [-0.2, -0.15) is 0 Å². The number of hydrogen-bond donors (Lipinski definition) is 2. The Balaban J connectivity index is 0.00000289. The van der Waals surface area contributed by atoms with Crippen LogP contribution in [0.15, 0.2) is 0 Å². The maximum atomic E-state index is 11.6. The largest absolute Gasteiger partial charge is 0.378 e. The lowest BCUT2D eigenvalue weighted by molar-refractivity contribution is 0.0911.